The summed E-state index contributed by atoms with van der Waals surface area (Å²) in [6, 6.07) is 3.31. The van der Waals surface area contributed by atoms with Crippen LogP contribution in [0.25, 0.3) is 6.08 Å². The number of esters is 1. The minimum atomic E-state index is -0.848. The van der Waals surface area contributed by atoms with Gasteiger partial charge < -0.3 is 33.2 Å². The maximum absolute atomic E-state index is 13.2. The van der Waals surface area contributed by atoms with Gasteiger partial charge in [-0.15, -0.1) is 0 Å². The third-order valence-corrected chi connectivity index (χ3v) is 5.49. The Morgan fingerprint density at radius 3 is 2.53 bits per heavy atom. The predicted octanol–water partition coefficient (Wildman–Crippen LogP) is 3.87. The van der Waals surface area contributed by atoms with Crippen LogP contribution in [0, 0.1) is 0 Å². The molecule has 2 heterocycles. The summed E-state index contributed by atoms with van der Waals surface area (Å²) in [7, 11) is 3.01. The predicted molar refractivity (Wildman–Crippen MR) is 123 cm³/mol. The van der Waals surface area contributed by atoms with Crippen molar-refractivity contribution >= 4 is 17.8 Å². The molecule has 1 saturated heterocycles. The van der Waals surface area contributed by atoms with Crippen LogP contribution in [-0.4, -0.2) is 63.7 Å². The van der Waals surface area contributed by atoms with Crippen LogP contribution in [0.1, 0.15) is 62.4 Å². The van der Waals surface area contributed by atoms with Crippen molar-refractivity contribution in [2.45, 2.75) is 70.6 Å². The quantitative estimate of drug-likeness (QED) is 0.446. The van der Waals surface area contributed by atoms with Crippen molar-refractivity contribution < 1.29 is 42.7 Å². The first kappa shape index (κ1) is 26.2. The summed E-state index contributed by atoms with van der Waals surface area (Å²) in [4.78, 5) is 26.0. The zero-order chi connectivity index (χ0) is 24.7. The second kappa shape index (κ2) is 11.8. The third kappa shape index (κ3) is 6.79. The van der Waals surface area contributed by atoms with E-state index in [1.165, 1.54) is 14.2 Å². The van der Waals surface area contributed by atoms with Crippen LogP contribution in [0.2, 0.25) is 0 Å². The fraction of sp³-hybridized carbons (Fsp3) is 0.600. The van der Waals surface area contributed by atoms with Gasteiger partial charge in [-0.25, -0.2) is 4.79 Å². The number of ketones is 1. The molecule has 0 N–H and O–H groups in total. The number of rotatable bonds is 6. The fourth-order valence-corrected chi connectivity index (χ4v) is 4.02. The number of fused-ring (bicyclic) bond motifs is 2. The molecule has 188 valence electrons. The van der Waals surface area contributed by atoms with E-state index >= 15 is 0 Å². The zero-order valence-electron chi connectivity index (χ0n) is 20.5. The summed E-state index contributed by atoms with van der Waals surface area (Å²) in [5.41, 5.74) is 0.800. The maximum atomic E-state index is 13.2. The molecule has 0 unspecified atom stereocenters. The summed E-state index contributed by atoms with van der Waals surface area (Å²) in [6.07, 6.45) is 4.00. The van der Waals surface area contributed by atoms with Crippen LogP contribution >= 0.6 is 0 Å². The number of carbonyl (C=O) groups excluding carboxylic acids is 2. The lowest BCUT2D eigenvalue weighted by Gasteiger charge is -2.19. The second-order valence-electron chi connectivity index (χ2n) is 8.79. The van der Waals surface area contributed by atoms with Crippen molar-refractivity contribution in [2.24, 2.45) is 0 Å². The number of hydrogen-bond acceptors (Lipinski definition) is 9. The largest absolute Gasteiger partial charge is 0.467 e. The van der Waals surface area contributed by atoms with Crippen LogP contribution in [0.3, 0.4) is 0 Å². The molecule has 34 heavy (non-hydrogen) atoms. The van der Waals surface area contributed by atoms with E-state index in [-0.39, 0.29) is 30.7 Å². The monoisotopic (exact) mass is 478 g/mol. The first-order chi connectivity index (χ1) is 16.2. The topological polar surface area (TPSA) is 98.8 Å². The number of benzene rings is 1. The summed E-state index contributed by atoms with van der Waals surface area (Å²) in [5, 5.41) is 0. The van der Waals surface area contributed by atoms with Gasteiger partial charge in [0.2, 0.25) is 0 Å². The molecule has 0 amide bonds. The molecule has 1 aromatic rings. The van der Waals surface area contributed by atoms with E-state index in [1.807, 2.05) is 6.08 Å². The molecule has 0 spiro atoms. The van der Waals surface area contributed by atoms with E-state index in [0.717, 1.165) is 0 Å². The molecule has 1 aromatic carbocycles. The lowest BCUT2D eigenvalue weighted by atomic mass is 9.99. The minimum Gasteiger partial charge on any atom is -0.467 e. The molecular formula is C25H34O9. The van der Waals surface area contributed by atoms with E-state index in [2.05, 4.69) is 0 Å². The second-order valence-corrected chi connectivity index (χ2v) is 8.79. The van der Waals surface area contributed by atoms with Crippen molar-refractivity contribution in [2.75, 3.05) is 27.8 Å². The molecular weight excluding hydrogens is 444 g/mol. The van der Waals surface area contributed by atoms with E-state index in [9.17, 15) is 9.59 Å². The number of Topliss-reactive ketones (excluding diaryl/α,β-unsaturated/α-hetero) is 1. The molecule has 1 fully saturated rings. The van der Waals surface area contributed by atoms with E-state index < -0.39 is 30.1 Å². The maximum Gasteiger partial charge on any atom is 0.342 e. The van der Waals surface area contributed by atoms with Crippen LogP contribution in [0.5, 0.6) is 11.5 Å². The first-order valence-corrected chi connectivity index (χ1v) is 11.4. The Morgan fingerprint density at radius 1 is 1.06 bits per heavy atom. The summed E-state index contributed by atoms with van der Waals surface area (Å²) >= 11 is 0. The molecule has 3 atom stereocenters. The van der Waals surface area contributed by atoms with Crippen molar-refractivity contribution in [1.29, 1.82) is 0 Å². The van der Waals surface area contributed by atoms with Crippen molar-refractivity contribution in [3.8, 4) is 11.5 Å². The molecule has 9 heteroatoms. The lowest BCUT2D eigenvalue weighted by Crippen LogP contribution is -2.31. The number of cyclic esters (lactones) is 1. The third-order valence-electron chi connectivity index (χ3n) is 5.49. The Bertz CT molecular complexity index is 893. The average Bonchev–Trinajstić information content (AvgIpc) is 3.09. The van der Waals surface area contributed by atoms with Gasteiger partial charge in [-0.2, -0.15) is 0 Å². The summed E-state index contributed by atoms with van der Waals surface area (Å²) in [5.74, 6) is -0.661. The van der Waals surface area contributed by atoms with E-state index in [1.54, 1.807) is 39.0 Å². The molecule has 0 saturated carbocycles. The minimum absolute atomic E-state index is 0.00883. The average molecular weight is 479 g/mol. The standard InChI is InChI=1S/C25H34O9/c1-16-8-6-10-19(26)23-20(33-25(2,3)34-23)11-7-9-17-12-18(30-14-28-4)13-21(31-15-29-5)22(17)24(27)32-16/h7,9,12-13,16,20,23H,6,8,10-11,14-15H2,1-5H3/t16-,20+,23-/m0/s1. The Morgan fingerprint density at radius 2 is 1.79 bits per heavy atom. The first-order valence-electron chi connectivity index (χ1n) is 11.4. The number of ether oxygens (including phenoxy) is 7. The van der Waals surface area contributed by atoms with Crippen molar-refractivity contribution in [1.82, 2.24) is 0 Å². The molecule has 0 radical (unpaired) electrons. The number of methoxy groups -OCH3 is 2. The van der Waals surface area contributed by atoms with Gasteiger partial charge in [0, 0.05) is 26.7 Å². The Balaban J connectivity index is 2.01. The highest BCUT2D eigenvalue weighted by atomic mass is 16.8. The van der Waals surface area contributed by atoms with Gasteiger partial charge in [0.15, 0.2) is 25.2 Å². The van der Waals surface area contributed by atoms with Crippen LogP contribution < -0.4 is 9.47 Å². The highest BCUT2D eigenvalue weighted by Crippen LogP contribution is 2.34. The highest BCUT2D eigenvalue weighted by Gasteiger charge is 2.44. The molecule has 9 nitrogen and oxygen atoms in total. The Kier molecular flexibility index (Phi) is 9.07. The summed E-state index contributed by atoms with van der Waals surface area (Å²) < 4.78 is 38.9. The van der Waals surface area contributed by atoms with Crippen LogP contribution in [0.15, 0.2) is 18.2 Å². The molecule has 2 aliphatic rings. The highest BCUT2D eigenvalue weighted by molar-refractivity contribution is 5.97. The van der Waals surface area contributed by atoms with Gasteiger partial charge in [-0.1, -0.05) is 12.2 Å². The molecule has 0 bridgehead atoms. The SMILES string of the molecule is COCOc1cc2c(c(OCOC)c1)C(=O)O[C@@H](C)CCCC(=O)[C@@H]1OC(C)(C)O[C@@H]1CC=C2. The van der Waals surface area contributed by atoms with Gasteiger partial charge in [0.1, 0.15) is 23.2 Å². The van der Waals surface area contributed by atoms with Crippen LogP contribution in [-0.2, 0) is 28.5 Å². The van der Waals surface area contributed by atoms with Crippen molar-refractivity contribution in [3.05, 3.63) is 29.3 Å². The lowest BCUT2D eigenvalue weighted by molar-refractivity contribution is -0.154. The molecule has 3 rings (SSSR count). The summed E-state index contributed by atoms with van der Waals surface area (Å²) in [6.45, 7) is 5.37. The van der Waals surface area contributed by atoms with E-state index in [4.69, 9.17) is 33.2 Å². The van der Waals surface area contributed by atoms with Gasteiger partial charge in [0.25, 0.3) is 0 Å². The van der Waals surface area contributed by atoms with Gasteiger partial charge in [0.05, 0.1) is 12.2 Å². The van der Waals surface area contributed by atoms with E-state index in [0.29, 0.717) is 37.0 Å². The smallest absolute Gasteiger partial charge is 0.342 e. The zero-order valence-corrected chi connectivity index (χ0v) is 20.5. The Labute approximate surface area is 200 Å². The fourth-order valence-electron chi connectivity index (χ4n) is 4.02. The molecule has 2 aliphatic heterocycles. The van der Waals surface area contributed by atoms with Gasteiger partial charge in [-0.05, 0) is 51.7 Å². The molecule has 0 aromatic heterocycles. The Hall–Kier alpha value is -2.46. The number of hydrogen-bond donors (Lipinski definition) is 0. The molecule has 0 aliphatic carbocycles. The van der Waals surface area contributed by atoms with Crippen LogP contribution in [0.4, 0.5) is 0 Å². The van der Waals surface area contributed by atoms with Gasteiger partial charge in [-0.3, -0.25) is 4.79 Å². The van der Waals surface area contributed by atoms with Gasteiger partial charge >= 0.3 is 5.97 Å². The number of carbonyl (C=O) groups is 2. The van der Waals surface area contributed by atoms with Crippen molar-refractivity contribution in [3.63, 3.8) is 0 Å². The normalized spacial score (nSPS) is 25.1.